The first-order valence-corrected chi connectivity index (χ1v) is 6.72. The van der Waals surface area contributed by atoms with Gasteiger partial charge < -0.3 is 0 Å². The molecule has 5 heteroatoms. The maximum Gasteiger partial charge on any atom is 0.258 e. The minimum Gasteiger partial charge on any atom is -0.298 e. The molecule has 2 heterocycles. The molecule has 2 aliphatic rings. The van der Waals surface area contributed by atoms with Gasteiger partial charge >= 0.3 is 0 Å². The molecular weight excluding hydrogens is 262 g/mol. The number of carbonyl (C=O) groups is 1. The maximum atomic E-state index is 11.9. The van der Waals surface area contributed by atoms with Gasteiger partial charge in [0.25, 0.3) is 5.91 Å². The lowest BCUT2D eigenvalue weighted by Crippen LogP contribution is -2.45. The standard InChI is InChI=1S/C14H14ClN3O/c15-14-16-12-6-7-18(9-11(12)13(19)17-14)8-10-4-2-1-3-5-10/h1-5,11H,6-9H2. The Bertz CT molecular complexity index is 553. The first kappa shape index (κ1) is 12.5. The summed E-state index contributed by atoms with van der Waals surface area (Å²) in [5.41, 5.74) is 2.14. The summed E-state index contributed by atoms with van der Waals surface area (Å²) in [6.45, 7) is 2.44. The lowest BCUT2D eigenvalue weighted by molar-refractivity contribution is -0.120. The van der Waals surface area contributed by atoms with Crippen LogP contribution < -0.4 is 0 Å². The van der Waals surface area contributed by atoms with Gasteiger partial charge in [-0.05, 0) is 23.6 Å². The van der Waals surface area contributed by atoms with E-state index < -0.39 is 0 Å². The molecule has 0 N–H and O–H groups in total. The second kappa shape index (κ2) is 5.23. The van der Waals surface area contributed by atoms with Crippen LogP contribution in [0, 0.1) is 5.92 Å². The van der Waals surface area contributed by atoms with Crippen LogP contribution >= 0.6 is 11.6 Å². The third kappa shape index (κ3) is 2.74. The summed E-state index contributed by atoms with van der Waals surface area (Å²) in [5, 5.41) is 0.0766. The number of aliphatic imine (C=N–C) groups is 2. The fourth-order valence-corrected chi connectivity index (χ4v) is 2.75. The highest BCUT2D eigenvalue weighted by Gasteiger charge is 2.33. The number of halogens is 1. The van der Waals surface area contributed by atoms with Crippen LogP contribution in [0.3, 0.4) is 0 Å². The van der Waals surface area contributed by atoms with Gasteiger partial charge in [-0.2, -0.15) is 4.99 Å². The van der Waals surface area contributed by atoms with Crippen LogP contribution in [-0.2, 0) is 11.3 Å². The molecule has 4 nitrogen and oxygen atoms in total. The summed E-state index contributed by atoms with van der Waals surface area (Å²) >= 11 is 5.73. The number of nitrogens with zero attached hydrogens (tertiary/aromatic N) is 3. The second-order valence-corrected chi connectivity index (χ2v) is 5.18. The van der Waals surface area contributed by atoms with Crippen molar-refractivity contribution in [3.05, 3.63) is 35.9 Å². The molecule has 1 aromatic carbocycles. The van der Waals surface area contributed by atoms with Crippen LogP contribution in [0.25, 0.3) is 0 Å². The van der Waals surface area contributed by atoms with Crippen molar-refractivity contribution in [3.8, 4) is 0 Å². The number of fused-ring (bicyclic) bond motifs is 1. The zero-order chi connectivity index (χ0) is 13.2. The van der Waals surface area contributed by atoms with Crippen LogP contribution in [0.4, 0.5) is 0 Å². The zero-order valence-corrected chi connectivity index (χ0v) is 11.2. The predicted octanol–water partition coefficient (Wildman–Crippen LogP) is 2.08. The van der Waals surface area contributed by atoms with Crippen molar-refractivity contribution >= 4 is 28.5 Å². The molecule has 0 saturated carbocycles. The quantitative estimate of drug-likeness (QED) is 0.776. The number of hydrogen-bond acceptors (Lipinski definition) is 3. The average Bonchev–Trinajstić information content (AvgIpc) is 2.40. The van der Waals surface area contributed by atoms with Crippen molar-refractivity contribution in [2.45, 2.75) is 13.0 Å². The third-order valence-corrected chi connectivity index (χ3v) is 3.68. The van der Waals surface area contributed by atoms with Crippen LogP contribution in [0.2, 0.25) is 0 Å². The van der Waals surface area contributed by atoms with Crippen molar-refractivity contribution < 1.29 is 4.79 Å². The number of amides is 1. The van der Waals surface area contributed by atoms with Crippen molar-refractivity contribution in [2.75, 3.05) is 13.1 Å². The Labute approximate surface area is 116 Å². The SMILES string of the molecule is O=C1N=C(Cl)N=C2CCN(Cc3ccccc3)CC12. The normalized spacial score (nSPS) is 23.6. The highest BCUT2D eigenvalue weighted by atomic mass is 35.5. The summed E-state index contributed by atoms with van der Waals surface area (Å²) in [7, 11) is 0. The molecule has 0 aliphatic carbocycles. The first-order valence-electron chi connectivity index (χ1n) is 6.34. The van der Waals surface area contributed by atoms with Gasteiger partial charge in [-0.25, -0.2) is 4.99 Å². The molecule has 0 bridgehead atoms. The number of likely N-dealkylation sites (tertiary alicyclic amines) is 1. The number of benzene rings is 1. The minimum atomic E-state index is -0.208. The van der Waals surface area contributed by atoms with Gasteiger partial charge in [0, 0.05) is 25.3 Å². The van der Waals surface area contributed by atoms with Gasteiger partial charge in [-0.15, -0.1) is 0 Å². The van der Waals surface area contributed by atoms with E-state index in [4.69, 9.17) is 11.6 Å². The molecule has 1 amide bonds. The van der Waals surface area contributed by atoms with Gasteiger partial charge in [0.05, 0.1) is 5.92 Å². The highest BCUT2D eigenvalue weighted by molar-refractivity contribution is 6.67. The molecule has 1 fully saturated rings. The number of rotatable bonds is 2. The molecule has 0 spiro atoms. The van der Waals surface area contributed by atoms with Gasteiger partial charge in [0.2, 0.25) is 5.29 Å². The van der Waals surface area contributed by atoms with E-state index in [1.165, 1.54) is 5.56 Å². The van der Waals surface area contributed by atoms with Crippen molar-refractivity contribution in [1.82, 2.24) is 4.90 Å². The maximum absolute atomic E-state index is 11.9. The molecule has 2 aliphatic heterocycles. The van der Waals surface area contributed by atoms with E-state index in [-0.39, 0.29) is 17.1 Å². The van der Waals surface area contributed by atoms with E-state index in [0.29, 0.717) is 6.54 Å². The number of piperidine rings is 1. The van der Waals surface area contributed by atoms with E-state index in [1.807, 2.05) is 18.2 Å². The molecule has 1 aromatic rings. The largest absolute Gasteiger partial charge is 0.298 e. The van der Waals surface area contributed by atoms with Crippen molar-refractivity contribution in [2.24, 2.45) is 15.9 Å². The van der Waals surface area contributed by atoms with E-state index in [1.54, 1.807) is 0 Å². The van der Waals surface area contributed by atoms with E-state index >= 15 is 0 Å². The average molecular weight is 276 g/mol. The van der Waals surface area contributed by atoms with Gasteiger partial charge in [-0.3, -0.25) is 9.69 Å². The van der Waals surface area contributed by atoms with Crippen molar-refractivity contribution in [1.29, 1.82) is 0 Å². The molecule has 1 unspecified atom stereocenters. The molecular formula is C14H14ClN3O. The van der Waals surface area contributed by atoms with Crippen LogP contribution in [0.1, 0.15) is 12.0 Å². The molecule has 1 atom stereocenters. The van der Waals surface area contributed by atoms with E-state index in [0.717, 1.165) is 25.2 Å². The number of hydrogen-bond donors (Lipinski definition) is 0. The molecule has 3 rings (SSSR count). The summed E-state index contributed by atoms with van der Waals surface area (Å²) in [5.74, 6) is -0.368. The zero-order valence-electron chi connectivity index (χ0n) is 10.4. The van der Waals surface area contributed by atoms with Crippen LogP contribution in [0.5, 0.6) is 0 Å². The Kier molecular flexibility index (Phi) is 3.44. The summed E-state index contributed by atoms with van der Waals surface area (Å²) < 4.78 is 0. The monoisotopic (exact) mass is 275 g/mol. The Morgan fingerprint density at radius 2 is 2.05 bits per heavy atom. The first-order chi connectivity index (χ1) is 9.22. The number of carbonyl (C=O) groups excluding carboxylic acids is 1. The fourth-order valence-electron chi connectivity index (χ4n) is 2.55. The van der Waals surface area contributed by atoms with Gasteiger partial charge in [0.1, 0.15) is 0 Å². The Morgan fingerprint density at radius 1 is 1.26 bits per heavy atom. The van der Waals surface area contributed by atoms with E-state index in [9.17, 15) is 4.79 Å². The smallest absolute Gasteiger partial charge is 0.258 e. The molecule has 1 saturated heterocycles. The fraction of sp³-hybridized carbons (Fsp3) is 0.357. The second-order valence-electron chi connectivity index (χ2n) is 4.85. The molecule has 0 radical (unpaired) electrons. The molecule has 19 heavy (non-hydrogen) atoms. The van der Waals surface area contributed by atoms with Crippen LogP contribution in [0.15, 0.2) is 40.3 Å². The Morgan fingerprint density at radius 3 is 2.84 bits per heavy atom. The third-order valence-electron chi connectivity index (χ3n) is 3.51. The minimum absolute atomic E-state index is 0.0766. The van der Waals surface area contributed by atoms with Gasteiger partial charge in [0.15, 0.2) is 0 Å². The predicted molar refractivity (Wildman–Crippen MR) is 75.6 cm³/mol. The van der Waals surface area contributed by atoms with Crippen molar-refractivity contribution in [3.63, 3.8) is 0 Å². The highest BCUT2D eigenvalue weighted by Crippen LogP contribution is 2.21. The molecule has 0 aromatic heterocycles. The summed E-state index contributed by atoms with van der Waals surface area (Å²) in [4.78, 5) is 22.0. The number of amidine groups is 1. The summed E-state index contributed by atoms with van der Waals surface area (Å²) in [6.07, 6.45) is 0.787. The lowest BCUT2D eigenvalue weighted by Gasteiger charge is -2.33. The lowest BCUT2D eigenvalue weighted by atomic mass is 9.93. The Balaban J connectivity index is 1.70. The van der Waals surface area contributed by atoms with Crippen LogP contribution in [-0.4, -0.2) is 34.9 Å². The topological polar surface area (TPSA) is 45.0 Å². The van der Waals surface area contributed by atoms with Gasteiger partial charge in [-0.1, -0.05) is 30.3 Å². The summed E-state index contributed by atoms with van der Waals surface area (Å²) in [6, 6.07) is 10.3. The van der Waals surface area contributed by atoms with E-state index in [2.05, 4.69) is 27.0 Å². The Hall–Kier alpha value is -1.52. The molecule has 98 valence electrons.